The van der Waals surface area contributed by atoms with Crippen molar-refractivity contribution in [3.63, 3.8) is 0 Å². The Morgan fingerprint density at radius 1 is 1.11 bits per heavy atom. The summed E-state index contributed by atoms with van der Waals surface area (Å²) in [6, 6.07) is 7.90. The van der Waals surface area contributed by atoms with Gasteiger partial charge in [-0.3, -0.25) is 9.48 Å². The van der Waals surface area contributed by atoms with E-state index in [1.54, 1.807) is 20.5 Å². The summed E-state index contributed by atoms with van der Waals surface area (Å²) in [4.78, 5) is 25.5. The van der Waals surface area contributed by atoms with E-state index in [0.29, 0.717) is 31.6 Å². The number of aromatic carboxylic acids is 1. The third kappa shape index (κ3) is 3.51. The Hall–Kier alpha value is -3.49. The Kier molecular flexibility index (Phi) is 4.64. The molecule has 0 aliphatic carbocycles. The molecule has 0 atom stereocenters. The summed E-state index contributed by atoms with van der Waals surface area (Å²) in [7, 11) is 0. The minimum Gasteiger partial charge on any atom is -0.478 e. The number of rotatable bonds is 4. The molecule has 4 rings (SSSR count). The molecule has 28 heavy (non-hydrogen) atoms. The van der Waals surface area contributed by atoms with Crippen molar-refractivity contribution in [2.75, 3.05) is 13.1 Å². The van der Waals surface area contributed by atoms with Gasteiger partial charge < -0.3 is 10.0 Å². The smallest absolute Gasteiger partial charge is 0.338 e. The molecule has 0 saturated carbocycles. The molecule has 1 amide bonds. The van der Waals surface area contributed by atoms with Crippen molar-refractivity contribution in [2.45, 2.75) is 25.8 Å². The van der Waals surface area contributed by atoms with E-state index in [9.17, 15) is 9.59 Å². The second-order valence-corrected chi connectivity index (χ2v) is 6.92. The van der Waals surface area contributed by atoms with Gasteiger partial charge in [0.05, 0.1) is 29.7 Å². The number of carboxylic acid groups (broad SMARTS) is 1. The van der Waals surface area contributed by atoms with E-state index in [0.717, 1.165) is 11.3 Å². The second-order valence-electron chi connectivity index (χ2n) is 6.92. The fourth-order valence-corrected chi connectivity index (χ4v) is 3.33. The molecule has 3 heterocycles. The van der Waals surface area contributed by atoms with Crippen molar-refractivity contribution in [3.8, 4) is 5.69 Å². The molecular weight excluding hydrogens is 360 g/mol. The Labute approximate surface area is 161 Å². The predicted octanol–water partition coefficient (Wildman–Crippen LogP) is 1.95. The number of aromatic nitrogens is 5. The van der Waals surface area contributed by atoms with Gasteiger partial charge in [0.2, 0.25) is 0 Å². The maximum absolute atomic E-state index is 12.7. The molecule has 144 valence electrons. The molecule has 1 aliphatic heterocycles. The van der Waals surface area contributed by atoms with Crippen LogP contribution in [0.25, 0.3) is 5.69 Å². The standard InChI is InChI=1S/C19H20N6O3/c1-13-2-4-15(5-3-13)25-12-17(21-22-25)18(26)23-8-6-16(7-9-23)24-11-14(10-20-24)19(27)28/h2-5,10-12,16H,6-9H2,1H3,(H,27,28). The summed E-state index contributed by atoms with van der Waals surface area (Å²) < 4.78 is 3.27. The van der Waals surface area contributed by atoms with E-state index in [1.165, 1.54) is 12.4 Å². The van der Waals surface area contributed by atoms with Crippen LogP contribution in [0.5, 0.6) is 0 Å². The third-order valence-corrected chi connectivity index (χ3v) is 4.99. The highest BCUT2D eigenvalue weighted by molar-refractivity contribution is 5.92. The zero-order valence-electron chi connectivity index (χ0n) is 15.4. The Balaban J connectivity index is 1.40. The van der Waals surface area contributed by atoms with Crippen molar-refractivity contribution in [1.29, 1.82) is 0 Å². The van der Waals surface area contributed by atoms with Crippen molar-refractivity contribution >= 4 is 11.9 Å². The number of piperidine rings is 1. The SMILES string of the molecule is Cc1ccc(-n2cc(C(=O)N3CCC(n4cc(C(=O)O)cn4)CC3)nn2)cc1. The lowest BCUT2D eigenvalue weighted by molar-refractivity contribution is 0.0683. The van der Waals surface area contributed by atoms with E-state index in [-0.39, 0.29) is 17.5 Å². The molecule has 0 spiro atoms. The molecule has 0 radical (unpaired) electrons. The predicted molar refractivity (Wildman–Crippen MR) is 99.5 cm³/mol. The first-order valence-corrected chi connectivity index (χ1v) is 9.07. The molecular formula is C19H20N6O3. The van der Waals surface area contributed by atoms with Gasteiger partial charge in [-0.15, -0.1) is 5.10 Å². The highest BCUT2D eigenvalue weighted by Crippen LogP contribution is 2.23. The molecule has 2 aromatic heterocycles. The third-order valence-electron chi connectivity index (χ3n) is 4.99. The van der Waals surface area contributed by atoms with Crippen LogP contribution in [0.4, 0.5) is 0 Å². The summed E-state index contributed by atoms with van der Waals surface area (Å²) >= 11 is 0. The average Bonchev–Trinajstić information content (AvgIpc) is 3.38. The maximum atomic E-state index is 12.7. The fourth-order valence-electron chi connectivity index (χ4n) is 3.33. The zero-order valence-corrected chi connectivity index (χ0v) is 15.4. The highest BCUT2D eigenvalue weighted by Gasteiger charge is 2.27. The van der Waals surface area contributed by atoms with Crippen LogP contribution in [0.15, 0.2) is 42.9 Å². The highest BCUT2D eigenvalue weighted by atomic mass is 16.4. The first-order chi connectivity index (χ1) is 13.5. The number of carbonyl (C=O) groups excluding carboxylic acids is 1. The topological polar surface area (TPSA) is 106 Å². The molecule has 1 saturated heterocycles. The lowest BCUT2D eigenvalue weighted by Gasteiger charge is -2.31. The second kappa shape index (κ2) is 7.26. The number of amides is 1. The van der Waals surface area contributed by atoms with Crippen molar-refractivity contribution in [2.24, 2.45) is 0 Å². The number of aryl methyl sites for hydroxylation is 1. The van der Waals surface area contributed by atoms with Crippen LogP contribution >= 0.6 is 0 Å². The van der Waals surface area contributed by atoms with Gasteiger partial charge in [-0.2, -0.15) is 5.10 Å². The molecule has 1 fully saturated rings. The van der Waals surface area contributed by atoms with E-state index in [2.05, 4.69) is 15.4 Å². The Morgan fingerprint density at radius 2 is 1.82 bits per heavy atom. The monoisotopic (exact) mass is 380 g/mol. The summed E-state index contributed by atoms with van der Waals surface area (Å²) in [6.07, 6.45) is 5.95. The lowest BCUT2D eigenvalue weighted by Crippen LogP contribution is -2.39. The number of likely N-dealkylation sites (tertiary alicyclic amines) is 1. The van der Waals surface area contributed by atoms with Gasteiger partial charge in [-0.25, -0.2) is 9.48 Å². The van der Waals surface area contributed by atoms with Crippen molar-refractivity contribution < 1.29 is 14.7 Å². The summed E-state index contributed by atoms with van der Waals surface area (Å²) in [5.41, 5.74) is 2.48. The lowest BCUT2D eigenvalue weighted by atomic mass is 10.0. The van der Waals surface area contributed by atoms with Crippen LogP contribution in [0.2, 0.25) is 0 Å². The van der Waals surface area contributed by atoms with E-state index in [1.807, 2.05) is 31.2 Å². The number of carboxylic acids is 1. The molecule has 9 heteroatoms. The largest absolute Gasteiger partial charge is 0.478 e. The minimum absolute atomic E-state index is 0.0837. The first kappa shape index (κ1) is 17.9. The van der Waals surface area contributed by atoms with Gasteiger partial charge in [0, 0.05) is 19.3 Å². The van der Waals surface area contributed by atoms with Crippen LogP contribution in [-0.4, -0.2) is 59.7 Å². The summed E-state index contributed by atoms with van der Waals surface area (Å²) in [6.45, 7) is 3.13. The molecule has 3 aromatic rings. The van der Waals surface area contributed by atoms with Gasteiger partial charge >= 0.3 is 5.97 Å². The van der Waals surface area contributed by atoms with E-state index < -0.39 is 5.97 Å². The summed E-state index contributed by atoms with van der Waals surface area (Å²) in [5.74, 6) is -1.14. The van der Waals surface area contributed by atoms with Gasteiger partial charge in [-0.1, -0.05) is 22.9 Å². The first-order valence-electron chi connectivity index (χ1n) is 9.07. The van der Waals surface area contributed by atoms with Crippen LogP contribution in [0, 0.1) is 6.92 Å². The summed E-state index contributed by atoms with van der Waals surface area (Å²) in [5, 5.41) is 21.2. The van der Waals surface area contributed by atoms with Gasteiger partial charge in [0.1, 0.15) is 0 Å². The number of hydrogen-bond donors (Lipinski definition) is 1. The number of nitrogens with zero attached hydrogens (tertiary/aromatic N) is 6. The Morgan fingerprint density at radius 3 is 2.46 bits per heavy atom. The number of hydrogen-bond acceptors (Lipinski definition) is 5. The van der Waals surface area contributed by atoms with Gasteiger partial charge in [0.15, 0.2) is 5.69 Å². The van der Waals surface area contributed by atoms with E-state index in [4.69, 9.17) is 5.11 Å². The fraction of sp³-hybridized carbons (Fsp3) is 0.316. The Bertz CT molecular complexity index is 999. The molecule has 9 nitrogen and oxygen atoms in total. The number of benzene rings is 1. The van der Waals surface area contributed by atoms with Crippen LogP contribution in [0.3, 0.4) is 0 Å². The zero-order chi connectivity index (χ0) is 19.7. The van der Waals surface area contributed by atoms with Crippen molar-refractivity contribution in [3.05, 3.63) is 59.7 Å². The molecule has 1 N–H and O–H groups in total. The maximum Gasteiger partial charge on any atom is 0.338 e. The quantitative estimate of drug-likeness (QED) is 0.741. The van der Waals surface area contributed by atoms with Gasteiger partial charge in [0.25, 0.3) is 5.91 Å². The molecule has 0 bridgehead atoms. The van der Waals surface area contributed by atoms with Crippen LogP contribution < -0.4 is 0 Å². The van der Waals surface area contributed by atoms with E-state index >= 15 is 0 Å². The molecule has 1 aromatic carbocycles. The van der Waals surface area contributed by atoms with Crippen LogP contribution in [-0.2, 0) is 0 Å². The van der Waals surface area contributed by atoms with Crippen molar-refractivity contribution in [1.82, 2.24) is 29.7 Å². The minimum atomic E-state index is -0.990. The number of carbonyl (C=O) groups is 2. The van der Waals surface area contributed by atoms with Gasteiger partial charge in [-0.05, 0) is 31.9 Å². The van der Waals surface area contributed by atoms with Crippen LogP contribution in [0.1, 0.15) is 45.3 Å². The molecule has 1 aliphatic rings. The normalized spacial score (nSPS) is 15.0. The average molecular weight is 380 g/mol. The molecule has 0 unspecified atom stereocenters.